The molecule has 3 nitrogen and oxygen atoms in total. The van der Waals surface area contributed by atoms with Crippen LogP contribution >= 0.6 is 0 Å². The van der Waals surface area contributed by atoms with Gasteiger partial charge in [0.1, 0.15) is 0 Å². The Morgan fingerprint density at radius 1 is 0.727 bits per heavy atom. The van der Waals surface area contributed by atoms with Crippen molar-refractivity contribution >= 4 is 22.3 Å². The Labute approximate surface area is 83.2 Å². The van der Waals surface area contributed by atoms with Gasteiger partial charge in [0.2, 0.25) is 0 Å². The predicted octanol–water partition coefficient (Wildman–Crippen LogP) is -0.549. The number of hydrogen-bond donors (Lipinski definition) is 0. The van der Waals surface area contributed by atoms with Crippen LogP contribution in [-0.4, -0.2) is 83.1 Å². The van der Waals surface area contributed by atoms with Crippen molar-refractivity contribution in [1.29, 1.82) is 0 Å². The van der Waals surface area contributed by atoms with Crippen molar-refractivity contribution < 1.29 is 0 Å². The van der Waals surface area contributed by atoms with Crippen molar-refractivity contribution in [2.75, 3.05) is 42.3 Å². The van der Waals surface area contributed by atoms with Crippen molar-refractivity contribution in [3.63, 3.8) is 0 Å². The van der Waals surface area contributed by atoms with E-state index in [1.807, 2.05) is 0 Å². The Morgan fingerprint density at radius 3 is 0.909 bits per heavy atom. The van der Waals surface area contributed by atoms with Crippen LogP contribution in [0.1, 0.15) is 0 Å². The summed E-state index contributed by atoms with van der Waals surface area (Å²) in [5.41, 5.74) is 0. The summed E-state index contributed by atoms with van der Waals surface area (Å²) in [6.07, 6.45) is 0. The molecule has 0 aromatic rings. The summed E-state index contributed by atoms with van der Waals surface area (Å²) in [4.78, 5) is 6.58. The maximum absolute atomic E-state index is 2.19. The van der Waals surface area contributed by atoms with Crippen LogP contribution in [0.5, 0.6) is 0 Å². The van der Waals surface area contributed by atoms with Gasteiger partial charge in [-0.25, -0.2) is 0 Å². The molecule has 0 fully saturated rings. The van der Waals surface area contributed by atoms with Crippen molar-refractivity contribution in [3.8, 4) is 0 Å². The van der Waals surface area contributed by atoms with E-state index in [0.29, 0.717) is 0 Å². The summed E-state index contributed by atoms with van der Waals surface area (Å²) in [6, 6.07) is 0. The molecule has 0 aliphatic rings. The molecule has 0 amide bonds. The molecule has 67 valence electrons. The van der Waals surface area contributed by atoms with Gasteiger partial charge >= 0.3 is 83.1 Å². The van der Waals surface area contributed by atoms with E-state index >= 15 is 0 Å². The summed E-state index contributed by atoms with van der Waals surface area (Å²) >= 11 is 2.11. The zero-order valence-corrected chi connectivity index (χ0v) is 10.6. The molecule has 0 saturated heterocycles. The number of rotatable bonds is 3. The van der Waals surface area contributed by atoms with Crippen LogP contribution in [0.25, 0.3) is 0 Å². The third-order valence-electron chi connectivity index (χ3n) is 1.75. The van der Waals surface area contributed by atoms with E-state index in [9.17, 15) is 0 Å². The van der Waals surface area contributed by atoms with Crippen LogP contribution in [0, 0.1) is 0 Å². The molecule has 0 heterocycles. The van der Waals surface area contributed by atoms with Crippen molar-refractivity contribution in [2.45, 2.75) is 3.83 Å². The first-order valence-electron chi connectivity index (χ1n) is 3.56. The van der Waals surface area contributed by atoms with Crippen LogP contribution in [0.3, 0.4) is 0 Å². The van der Waals surface area contributed by atoms with Gasteiger partial charge in [0.05, 0.1) is 0 Å². The van der Waals surface area contributed by atoms with Crippen LogP contribution < -0.4 is 0 Å². The second kappa shape index (κ2) is 4.06. The van der Waals surface area contributed by atoms with E-state index in [4.69, 9.17) is 0 Å². The van der Waals surface area contributed by atoms with Gasteiger partial charge in [-0.15, -0.1) is 0 Å². The minimum absolute atomic E-state index is 0.0100. The summed E-state index contributed by atoms with van der Waals surface area (Å²) in [6.45, 7) is 0. The Morgan fingerprint density at radius 2 is 0.909 bits per heavy atom. The van der Waals surface area contributed by atoms with Crippen molar-refractivity contribution in [1.82, 2.24) is 14.7 Å². The Hall–Kier alpha value is 0.670. The van der Waals surface area contributed by atoms with Crippen LogP contribution in [0.4, 0.5) is 0 Å². The van der Waals surface area contributed by atoms with E-state index in [-0.39, 0.29) is 3.83 Å². The van der Waals surface area contributed by atoms with Crippen molar-refractivity contribution in [3.05, 3.63) is 0 Å². The van der Waals surface area contributed by atoms with Crippen molar-refractivity contribution in [2.24, 2.45) is 0 Å². The summed E-state index contributed by atoms with van der Waals surface area (Å²) < 4.78 is 0.0100. The van der Waals surface area contributed by atoms with Gasteiger partial charge in [0.15, 0.2) is 0 Å². The third-order valence-corrected chi connectivity index (χ3v) is 4.87. The van der Waals surface area contributed by atoms with Gasteiger partial charge in [0.25, 0.3) is 0 Å². The van der Waals surface area contributed by atoms with Gasteiger partial charge in [-0.05, 0) is 0 Å². The fourth-order valence-corrected chi connectivity index (χ4v) is 1.20. The number of nitrogens with zero attached hydrogens (tertiary/aromatic N) is 3. The predicted molar refractivity (Wildman–Crippen MR) is 49.5 cm³/mol. The Bertz CT molecular complexity index is 101. The zero-order chi connectivity index (χ0) is 9.23. The quantitative estimate of drug-likeness (QED) is 0.504. The second-order valence-electron chi connectivity index (χ2n) is 3.26. The van der Waals surface area contributed by atoms with Gasteiger partial charge in [-0.3, -0.25) is 0 Å². The fraction of sp³-hybridized carbons (Fsp3) is 1.00. The molecule has 0 aliphatic carbocycles. The number of hydrogen-bond acceptors (Lipinski definition) is 3. The molecule has 0 unspecified atom stereocenters. The van der Waals surface area contributed by atoms with Gasteiger partial charge in [0, 0.05) is 0 Å². The molecule has 0 N–H and O–H groups in total. The summed E-state index contributed by atoms with van der Waals surface area (Å²) in [7, 11) is 12.5. The molecule has 0 spiro atoms. The molecular formula is C7H18N3Te. The molecule has 0 rings (SSSR count). The monoisotopic (exact) mass is 274 g/mol. The van der Waals surface area contributed by atoms with Crippen LogP contribution in [0.15, 0.2) is 0 Å². The molecule has 0 aromatic carbocycles. The van der Waals surface area contributed by atoms with Gasteiger partial charge in [-0.2, -0.15) is 0 Å². The van der Waals surface area contributed by atoms with Crippen LogP contribution in [-0.2, 0) is 0 Å². The average molecular weight is 272 g/mol. The van der Waals surface area contributed by atoms with E-state index in [1.54, 1.807) is 0 Å². The van der Waals surface area contributed by atoms with Gasteiger partial charge in [-0.1, -0.05) is 0 Å². The SMILES string of the molecule is CN(C)C([Te])(N(C)C)N(C)C. The molecule has 0 atom stereocenters. The molecule has 0 aromatic heterocycles. The minimum atomic E-state index is 0.0100. The first-order valence-corrected chi connectivity index (χ1v) is 4.72. The van der Waals surface area contributed by atoms with E-state index in [2.05, 4.69) is 79.3 Å². The van der Waals surface area contributed by atoms with Crippen LogP contribution in [0.2, 0.25) is 0 Å². The van der Waals surface area contributed by atoms with E-state index in [0.717, 1.165) is 0 Å². The molecule has 1 radical (unpaired) electrons. The fourth-order valence-electron chi connectivity index (χ4n) is 1.20. The van der Waals surface area contributed by atoms with E-state index < -0.39 is 0 Å². The Balaban J connectivity index is 4.53. The third kappa shape index (κ3) is 2.30. The first-order chi connectivity index (χ1) is 4.83. The molecule has 0 aliphatic heterocycles. The normalized spacial score (nSPS) is 13.6. The average Bonchev–Trinajstić information content (AvgIpc) is 1.84. The first kappa shape index (κ1) is 11.7. The topological polar surface area (TPSA) is 9.72 Å². The van der Waals surface area contributed by atoms with Gasteiger partial charge < -0.3 is 0 Å². The summed E-state index contributed by atoms with van der Waals surface area (Å²) in [5, 5.41) is 0. The standard InChI is InChI=1S/C7H18N3Te/c1-8(2)7(11,9(3)4)10(5)6/h1-6H3. The Kier molecular flexibility index (Phi) is 4.31. The molecule has 11 heavy (non-hydrogen) atoms. The molecule has 0 bridgehead atoms. The zero-order valence-electron chi connectivity index (χ0n) is 8.25. The molecule has 0 saturated carbocycles. The van der Waals surface area contributed by atoms with E-state index in [1.165, 1.54) is 0 Å². The maximum atomic E-state index is 2.19. The second-order valence-corrected chi connectivity index (χ2v) is 4.82. The summed E-state index contributed by atoms with van der Waals surface area (Å²) in [5.74, 6) is 0. The molecular weight excluding hydrogens is 254 g/mol. The molecule has 4 heteroatoms.